The second kappa shape index (κ2) is 10.4. The van der Waals surface area contributed by atoms with Crippen molar-refractivity contribution < 1.29 is 19.1 Å². The molecule has 2 bridgehead atoms. The third-order valence-electron chi connectivity index (χ3n) is 7.20. The van der Waals surface area contributed by atoms with Gasteiger partial charge in [-0.05, 0) is 73.4 Å². The van der Waals surface area contributed by atoms with Crippen LogP contribution in [0.1, 0.15) is 53.1 Å². The number of nitrogens with two attached hydrogens (primary N) is 1. The number of carbonyl (C=O) groups is 2. The van der Waals surface area contributed by atoms with Gasteiger partial charge >= 0.3 is 0 Å². The van der Waals surface area contributed by atoms with E-state index in [1.54, 1.807) is 17.0 Å². The van der Waals surface area contributed by atoms with Gasteiger partial charge in [0.2, 0.25) is 11.8 Å². The molecule has 0 saturated carbocycles. The van der Waals surface area contributed by atoms with E-state index < -0.39 is 12.5 Å². The largest absolute Gasteiger partial charge is 0.387 e. The lowest BCUT2D eigenvalue weighted by molar-refractivity contribution is -0.134. The maximum atomic E-state index is 13.5. The number of piperidine rings is 1. The minimum Gasteiger partial charge on any atom is -0.387 e. The second-order valence-corrected chi connectivity index (χ2v) is 9.20. The van der Waals surface area contributed by atoms with Gasteiger partial charge in [0.25, 0.3) is 0 Å². The minimum absolute atomic E-state index is 0.284. The summed E-state index contributed by atoms with van der Waals surface area (Å²) in [6, 6.07) is 15.0. The highest BCUT2D eigenvalue weighted by molar-refractivity contribution is 5.92. The molecule has 0 aliphatic carbocycles. The Morgan fingerprint density at radius 1 is 1.06 bits per heavy atom. The molecule has 2 aromatic carbocycles. The van der Waals surface area contributed by atoms with Crippen LogP contribution in [0.25, 0.3) is 0 Å². The summed E-state index contributed by atoms with van der Waals surface area (Å²) in [4.78, 5) is 28.1. The maximum absolute atomic E-state index is 13.5. The van der Waals surface area contributed by atoms with Crippen molar-refractivity contribution in [2.24, 2.45) is 5.73 Å². The van der Waals surface area contributed by atoms with Crippen molar-refractivity contribution in [1.82, 2.24) is 9.80 Å². The van der Waals surface area contributed by atoms with Crippen molar-refractivity contribution in [2.45, 2.75) is 50.1 Å². The summed E-state index contributed by atoms with van der Waals surface area (Å²) in [7, 11) is 0. The number of primary amides is 1. The summed E-state index contributed by atoms with van der Waals surface area (Å²) in [5.41, 5.74) is 8.03. The summed E-state index contributed by atoms with van der Waals surface area (Å²) in [5.74, 6) is -0.574. The van der Waals surface area contributed by atoms with Gasteiger partial charge in [-0.3, -0.25) is 14.5 Å². The molecule has 33 heavy (non-hydrogen) atoms. The summed E-state index contributed by atoms with van der Waals surface area (Å²) >= 11 is 0. The summed E-state index contributed by atoms with van der Waals surface area (Å²) < 4.78 is 13.5. The molecule has 4 rings (SSSR count). The van der Waals surface area contributed by atoms with Crippen LogP contribution in [0, 0.1) is 5.82 Å². The number of aliphatic hydroxyl groups is 1. The molecule has 0 spiro atoms. The SMILES string of the molecule is NC(=O)c1cccc(C2CC3CCC(C2)N3CCN(CCc2cccc(F)c2)C(=O)CO)c1. The van der Waals surface area contributed by atoms with E-state index in [1.165, 1.54) is 17.7 Å². The Bertz CT molecular complexity index is 984. The van der Waals surface area contributed by atoms with E-state index in [1.807, 2.05) is 18.2 Å². The zero-order valence-corrected chi connectivity index (χ0v) is 18.8. The predicted octanol–water partition coefficient (Wildman–Crippen LogP) is 2.70. The Labute approximate surface area is 194 Å². The van der Waals surface area contributed by atoms with Crippen LogP contribution in [-0.4, -0.2) is 65.0 Å². The molecule has 176 valence electrons. The number of halogens is 1. The summed E-state index contributed by atoms with van der Waals surface area (Å²) in [6.45, 7) is 1.24. The fourth-order valence-electron chi connectivity index (χ4n) is 5.51. The van der Waals surface area contributed by atoms with Gasteiger partial charge in [0, 0.05) is 37.3 Å². The minimum atomic E-state index is -0.520. The highest BCUT2D eigenvalue weighted by Crippen LogP contribution is 2.43. The van der Waals surface area contributed by atoms with Gasteiger partial charge in [-0.1, -0.05) is 24.3 Å². The van der Waals surface area contributed by atoms with Crippen molar-refractivity contribution in [3.8, 4) is 0 Å². The van der Waals surface area contributed by atoms with E-state index in [4.69, 9.17) is 5.73 Å². The van der Waals surface area contributed by atoms with Crippen LogP contribution in [0.2, 0.25) is 0 Å². The number of hydrogen-bond acceptors (Lipinski definition) is 4. The van der Waals surface area contributed by atoms with Crippen molar-refractivity contribution in [3.63, 3.8) is 0 Å². The lowest BCUT2D eigenvalue weighted by Crippen LogP contribution is -2.47. The fraction of sp³-hybridized carbons (Fsp3) is 0.462. The molecular formula is C26H32FN3O3. The second-order valence-electron chi connectivity index (χ2n) is 9.20. The first-order chi connectivity index (χ1) is 15.9. The van der Waals surface area contributed by atoms with Crippen molar-refractivity contribution >= 4 is 11.8 Å². The van der Waals surface area contributed by atoms with E-state index in [-0.39, 0.29) is 11.7 Å². The van der Waals surface area contributed by atoms with Gasteiger partial charge in [-0.15, -0.1) is 0 Å². The number of nitrogens with zero attached hydrogens (tertiary/aromatic N) is 2. The lowest BCUT2D eigenvalue weighted by Gasteiger charge is -2.40. The third kappa shape index (κ3) is 5.60. The molecular weight excluding hydrogens is 421 g/mol. The third-order valence-corrected chi connectivity index (χ3v) is 7.20. The van der Waals surface area contributed by atoms with E-state index in [9.17, 15) is 19.1 Å². The molecule has 2 amide bonds. The molecule has 2 aliphatic rings. The number of rotatable bonds is 9. The van der Waals surface area contributed by atoms with Crippen LogP contribution in [0.5, 0.6) is 0 Å². The molecule has 2 heterocycles. The Hall–Kier alpha value is -2.77. The average Bonchev–Trinajstić information content (AvgIpc) is 3.05. The van der Waals surface area contributed by atoms with Gasteiger partial charge < -0.3 is 15.7 Å². The first-order valence-electron chi connectivity index (χ1n) is 11.7. The monoisotopic (exact) mass is 453 g/mol. The number of carbonyl (C=O) groups excluding carboxylic acids is 2. The van der Waals surface area contributed by atoms with Gasteiger partial charge in [0.1, 0.15) is 12.4 Å². The molecule has 6 nitrogen and oxygen atoms in total. The number of benzene rings is 2. The van der Waals surface area contributed by atoms with Crippen LogP contribution >= 0.6 is 0 Å². The first kappa shape index (κ1) is 23.4. The topological polar surface area (TPSA) is 86.9 Å². The van der Waals surface area contributed by atoms with Gasteiger partial charge in [0.05, 0.1) is 0 Å². The van der Waals surface area contributed by atoms with Crippen LogP contribution in [-0.2, 0) is 11.2 Å². The zero-order valence-electron chi connectivity index (χ0n) is 18.8. The molecule has 2 aromatic rings. The quantitative estimate of drug-likeness (QED) is 0.611. The molecule has 2 atom stereocenters. The van der Waals surface area contributed by atoms with E-state index in [0.29, 0.717) is 43.1 Å². The molecule has 2 aliphatic heterocycles. The van der Waals surface area contributed by atoms with Crippen LogP contribution in [0.4, 0.5) is 4.39 Å². The van der Waals surface area contributed by atoms with E-state index >= 15 is 0 Å². The predicted molar refractivity (Wildman–Crippen MR) is 124 cm³/mol. The van der Waals surface area contributed by atoms with E-state index in [2.05, 4.69) is 11.0 Å². The molecule has 2 fully saturated rings. The summed E-state index contributed by atoms with van der Waals surface area (Å²) in [5, 5.41) is 9.42. The van der Waals surface area contributed by atoms with Crippen molar-refractivity contribution in [3.05, 3.63) is 71.0 Å². The van der Waals surface area contributed by atoms with E-state index in [0.717, 1.165) is 37.8 Å². The number of hydrogen-bond donors (Lipinski definition) is 2. The highest BCUT2D eigenvalue weighted by atomic mass is 19.1. The smallest absolute Gasteiger partial charge is 0.248 e. The Morgan fingerprint density at radius 2 is 1.79 bits per heavy atom. The van der Waals surface area contributed by atoms with Gasteiger partial charge in [-0.25, -0.2) is 4.39 Å². The Morgan fingerprint density at radius 3 is 2.45 bits per heavy atom. The molecule has 2 saturated heterocycles. The standard InChI is InChI=1S/C26H32FN3O3/c27-22-6-1-3-18(13-22)9-10-29(25(32)17-31)11-12-30-23-7-8-24(30)16-21(15-23)19-4-2-5-20(14-19)26(28)33/h1-6,13-14,21,23-24,31H,7-12,15-17H2,(H2,28,33). The van der Waals surface area contributed by atoms with Gasteiger partial charge in [-0.2, -0.15) is 0 Å². The van der Waals surface area contributed by atoms with Crippen LogP contribution < -0.4 is 5.73 Å². The maximum Gasteiger partial charge on any atom is 0.248 e. The highest BCUT2D eigenvalue weighted by Gasteiger charge is 2.41. The fourth-order valence-corrected chi connectivity index (χ4v) is 5.51. The van der Waals surface area contributed by atoms with Crippen LogP contribution in [0.3, 0.4) is 0 Å². The summed E-state index contributed by atoms with van der Waals surface area (Å²) in [6.07, 6.45) is 4.86. The molecule has 0 radical (unpaired) electrons. The van der Waals surface area contributed by atoms with Crippen molar-refractivity contribution in [2.75, 3.05) is 26.2 Å². The van der Waals surface area contributed by atoms with Crippen molar-refractivity contribution in [1.29, 1.82) is 0 Å². The number of fused-ring (bicyclic) bond motifs is 2. The Kier molecular flexibility index (Phi) is 7.40. The average molecular weight is 454 g/mol. The number of aliphatic hydroxyl groups excluding tert-OH is 1. The molecule has 3 N–H and O–H groups in total. The first-order valence-corrected chi connectivity index (χ1v) is 11.7. The molecule has 0 aromatic heterocycles. The molecule has 7 heteroatoms. The molecule has 2 unspecified atom stereocenters. The lowest BCUT2D eigenvalue weighted by atomic mass is 9.84. The normalized spacial score (nSPS) is 22.3. The van der Waals surface area contributed by atoms with Gasteiger partial charge in [0.15, 0.2) is 0 Å². The Balaban J connectivity index is 1.36. The van der Waals surface area contributed by atoms with Crippen LogP contribution in [0.15, 0.2) is 48.5 Å². The zero-order chi connectivity index (χ0) is 23.4. The number of amides is 2.